The zero-order chi connectivity index (χ0) is 18.4. The smallest absolute Gasteiger partial charge is 0.319 e. The average molecular weight is 348 g/mol. The molecule has 2 amide bonds. The Morgan fingerprint density at radius 2 is 1.84 bits per heavy atom. The van der Waals surface area contributed by atoms with Crippen LogP contribution in [-0.2, 0) is 0 Å². The summed E-state index contributed by atoms with van der Waals surface area (Å²) >= 11 is 0. The fourth-order valence-corrected chi connectivity index (χ4v) is 3.13. The van der Waals surface area contributed by atoms with Crippen LogP contribution in [-0.4, -0.2) is 61.4 Å². The van der Waals surface area contributed by atoms with Gasteiger partial charge in [0.15, 0.2) is 0 Å². The number of aryl methyl sites for hydroxylation is 1. The van der Waals surface area contributed by atoms with Crippen LogP contribution in [0.1, 0.15) is 32.3 Å². The lowest BCUT2D eigenvalue weighted by Gasteiger charge is -2.34. The number of benzene rings is 1. The summed E-state index contributed by atoms with van der Waals surface area (Å²) in [6.07, 6.45) is 1.38. The molecule has 6 nitrogen and oxygen atoms in total. The number of carbonyl (C=O) groups excluding carboxylic acids is 1. The zero-order valence-corrected chi connectivity index (χ0v) is 15.9. The number of hydrogen-bond donors (Lipinski definition) is 3. The molecule has 0 radical (unpaired) electrons. The van der Waals surface area contributed by atoms with Crippen molar-refractivity contribution in [3.05, 3.63) is 23.8 Å². The van der Waals surface area contributed by atoms with Gasteiger partial charge in [-0.3, -0.25) is 0 Å². The Kier molecular flexibility index (Phi) is 6.67. The number of nitrogens with zero attached hydrogens (tertiary/aromatic N) is 2. The van der Waals surface area contributed by atoms with Crippen molar-refractivity contribution in [2.24, 2.45) is 0 Å². The van der Waals surface area contributed by atoms with Gasteiger partial charge in [-0.05, 0) is 50.6 Å². The number of urea groups is 1. The zero-order valence-electron chi connectivity index (χ0n) is 15.9. The van der Waals surface area contributed by atoms with Crippen LogP contribution in [0.2, 0.25) is 0 Å². The van der Waals surface area contributed by atoms with E-state index in [4.69, 9.17) is 0 Å². The molecule has 1 aliphatic rings. The Morgan fingerprint density at radius 1 is 1.20 bits per heavy atom. The molecule has 1 saturated heterocycles. The summed E-state index contributed by atoms with van der Waals surface area (Å²) in [5, 5.41) is 15.4. The van der Waals surface area contributed by atoms with Crippen molar-refractivity contribution in [1.29, 1.82) is 0 Å². The Balaban J connectivity index is 2.02. The van der Waals surface area contributed by atoms with Gasteiger partial charge in [-0.25, -0.2) is 4.79 Å². The van der Waals surface area contributed by atoms with Gasteiger partial charge < -0.3 is 25.5 Å². The fraction of sp³-hybridized carbons (Fsp3) is 0.632. The molecule has 1 fully saturated rings. The minimum absolute atomic E-state index is 0.0608. The van der Waals surface area contributed by atoms with E-state index in [9.17, 15) is 9.90 Å². The number of aliphatic hydroxyl groups is 1. The third-order valence-corrected chi connectivity index (χ3v) is 5.36. The SMILES string of the molecule is CCC(CC)(CO)NC(=O)Nc1ccc(N2CCN(C)CC2)cc1C. The van der Waals surface area contributed by atoms with Crippen LogP contribution in [0.4, 0.5) is 16.2 Å². The highest BCUT2D eigenvalue weighted by atomic mass is 16.3. The molecule has 3 N–H and O–H groups in total. The van der Waals surface area contributed by atoms with E-state index < -0.39 is 5.54 Å². The van der Waals surface area contributed by atoms with Crippen LogP contribution in [0.25, 0.3) is 0 Å². The van der Waals surface area contributed by atoms with Crippen LogP contribution in [0.5, 0.6) is 0 Å². The highest BCUT2D eigenvalue weighted by Crippen LogP contribution is 2.24. The highest BCUT2D eigenvalue weighted by Gasteiger charge is 2.27. The first-order chi connectivity index (χ1) is 11.9. The first-order valence-corrected chi connectivity index (χ1v) is 9.17. The Labute approximate surface area is 151 Å². The van der Waals surface area contributed by atoms with E-state index in [1.807, 2.05) is 26.8 Å². The molecule has 0 aliphatic carbocycles. The molecule has 6 heteroatoms. The fourth-order valence-electron chi connectivity index (χ4n) is 3.13. The molecular formula is C19H32N4O2. The van der Waals surface area contributed by atoms with E-state index >= 15 is 0 Å². The molecule has 2 rings (SSSR count). The summed E-state index contributed by atoms with van der Waals surface area (Å²) in [5.74, 6) is 0. The number of anilines is 2. The second kappa shape index (κ2) is 8.54. The Morgan fingerprint density at radius 3 is 2.36 bits per heavy atom. The van der Waals surface area contributed by atoms with Crippen LogP contribution in [0, 0.1) is 6.92 Å². The maximum atomic E-state index is 12.3. The molecule has 0 saturated carbocycles. The molecule has 0 unspecified atom stereocenters. The van der Waals surface area contributed by atoms with Crippen molar-refractivity contribution in [3.8, 4) is 0 Å². The second-order valence-electron chi connectivity index (χ2n) is 7.01. The maximum absolute atomic E-state index is 12.3. The Hall–Kier alpha value is -1.79. The largest absolute Gasteiger partial charge is 0.394 e. The molecule has 1 aromatic carbocycles. The summed E-state index contributed by atoms with van der Waals surface area (Å²) in [6.45, 7) is 10.1. The number of aliphatic hydroxyl groups excluding tert-OH is 1. The van der Waals surface area contributed by atoms with Gasteiger partial charge in [0.25, 0.3) is 0 Å². The minimum Gasteiger partial charge on any atom is -0.394 e. The van der Waals surface area contributed by atoms with Crippen LogP contribution >= 0.6 is 0 Å². The van der Waals surface area contributed by atoms with Gasteiger partial charge in [-0.1, -0.05) is 13.8 Å². The molecule has 1 aromatic rings. The molecule has 0 spiro atoms. The summed E-state index contributed by atoms with van der Waals surface area (Å²) in [5.41, 5.74) is 2.48. The lowest BCUT2D eigenvalue weighted by molar-refractivity contribution is 0.155. The summed E-state index contributed by atoms with van der Waals surface area (Å²) in [7, 11) is 2.15. The standard InChI is InChI=1S/C19H32N4O2/c1-5-19(6-2,14-24)21-18(25)20-17-8-7-16(13-15(17)3)23-11-9-22(4)10-12-23/h7-8,13,24H,5-6,9-12,14H2,1-4H3,(H2,20,21,25). The number of rotatable bonds is 6. The van der Waals surface area contributed by atoms with Gasteiger partial charge in [0.1, 0.15) is 0 Å². The first-order valence-electron chi connectivity index (χ1n) is 9.17. The molecular weight excluding hydrogens is 316 g/mol. The van der Waals surface area contributed by atoms with E-state index in [1.165, 1.54) is 5.69 Å². The Bertz CT molecular complexity index is 571. The van der Waals surface area contributed by atoms with Crippen LogP contribution in [0.3, 0.4) is 0 Å². The van der Waals surface area contributed by atoms with Gasteiger partial charge in [0.05, 0.1) is 12.1 Å². The molecule has 25 heavy (non-hydrogen) atoms. The summed E-state index contributed by atoms with van der Waals surface area (Å²) < 4.78 is 0. The van der Waals surface area contributed by atoms with Crippen LogP contribution in [0.15, 0.2) is 18.2 Å². The van der Waals surface area contributed by atoms with E-state index in [0.717, 1.165) is 37.4 Å². The van der Waals surface area contributed by atoms with Crippen molar-refractivity contribution in [2.75, 3.05) is 50.1 Å². The summed E-state index contributed by atoms with van der Waals surface area (Å²) in [6, 6.07) is 5.88. The monoisotopic (exact) mass is 348 g/mol. The topological polar surface area (TPSA) is 67.8 Å². The predicted molar refractivity (Wildman–Crippen MR) is 103 cm³/mol. The molecule has 1 heterocycles. The normalized spacial score (nSPS) is 16.0. The number of likely N-dealkylation sites (N-methyl/N-ethyl adjacent to an activating group) is 1. The van der Waals surface area contributed by atoms with Crippen molar-refractivity contribution in [1.82, 2.24) is 10.2 Å². The van der Waals surface area contributed by atoms with Gasteiger partial charge in [-0.15, -0.1) is 0 Å². The van der Waals surface area contributed by atoms with Crippen LogP contribution < -0.4 is 15.5 Å². The van der Waals surface area contributed by atoms with Crippen molar-refractivity contribution in [2.45, 2.75) is 39.2 Å². The number of amides is 2. The van der Waals surface area contributed by atoms with Gasteiger partial charge in [0.2, 0.25) is 0 Å². The van der Waals surface area contributed by atoms with Gasteiger partial charge >= 0.3 is 6.03 Å². The van der Waals surface area contributed by atoms with Crippen molar-refractivity contribution in [3.63, 3.8) is 0 Å². The van der Waals surface area contributed by atoms with E-state index in [-0.39, 0.29) is 12.6 Å². The summed E-state index contributed by atoms with van der Waals surface area (Å²) in [4.78, 5) is 17.0. The lowest BCUT2D eigenvalue weighted by atomic mass is 9.94. The van der Waals surface area contributed by atoms with E-state index in [1.54, 1.807) is 0 Å². The quantitative estimate of drug-likeness (QED) is 0.739. The first kappa shape index (κ1) is 19.5. The molecule has 0 atom stereocenters. The minimum atomic E-state index is -0.558. The molecule has 0 bridgehead atoms. The lowest BCUT2D eigenvalue weighted by Crippen LogP contribution is -2.52. The number of carbonyl (C=O) groups is 1. The molecule has 0 aromatic heterocycles. The number of nitrogens with one attached hydrogen (secondary N) is 2. The number of piperazine rings is 1. The van der Waals surface area contributed by atoms with Crippen molar-refractivity contribution < 1.29 is 9.90 Å². The van der Waals surface area contributed by atoms with Gasteiger partial charge in [-0.2, -0.15) is 0 Å². The highest BCUT2D eigenvalue weighted by molar-refractivity contribution is 5.91. The third-order valence-electron chi connectivity index (χ3n) is 5.36. The van der Waals surface area contributed by atoms with E-state index in [2.05, 4.69) is 39.6 Å². The van der Waals surface area contributed by atoms with Crippen molar-refractivity contribution >= 4 is 17.4 Å². The van der Waals surface area contributed by atoms with E-state index in [0.29, 0.717) is 12.8 Å². The number of hydrogen-bond acceptors (Lipinski definition) is 4. The molecule has 140 valence electrons. The second-order valence-corrected chi connectivity index (χ2v) is 7.01. The molecule has 1 aliphatic heterocycles. The predicted octanol–water partition coefficient (Wildman–Crippen LogP) is 2.42. The maximum Gasteiger partial charge on any atom is 0.319 e. The van der Waals surface area contributed by atoms with Gasteiger partial charge in [0, 0.05) is 37.6 Å². The third kappa shape index (κ3) is 4.86. The average Bonchev–Trinajstić information content (AvgIpc) is 2.62.